The summed E-state index contributed by atoms with van der Waals surface area (Å²) in [5.74, 6) is -4.68. The average Bonchev–Trinajstić information content (AvgIpc) is 3.39. The van der Waals surface area contributed by atoms with Crippen LogP contribution < -0.4 is 9.64 Å². The van der Waals surface area contributed by atoms with Crippen LogP contribution in [0.2, 0.25) is 0 Å². The van der Waals surface area contributed by atoms with E-state index in [1.807, 2.05) is 78.9 Å². The normalized spacial score (nSPS) is 27.3. The standard InChI is InChI=1S/C41H31BrINO6/c1-50-33-19-24(42)18-31(38(33)47)36-27-16-17-28-35(40(49)44(39(28)48)26-14-12-25(43)13-15-26)30(27)20-32-37(46)29(22-8-4-2-5-9-22)21-34(45)41(32,36)23-10-6-3-7-11-23/h2-16,18-19,21,28,30,32,35-36,47H,17,20H2,1H3. The molecule has 1 saturated heterocycles. The first-order valence-corrected chi connectivity index (χ1v) is 18.3. The summed E-state index contributed by atoms with van der Waals surface area (Å²) in [6.45, 7) is 0. The maximum absolute atomic E-state index is 15.2. The number of phenolic OH excluding ortho intramolecular Hbond substituents is 1. The average molecular weight is 841 g/mol. The quantitative estimate of drug-likeness (QED) is 0.125. The van der Waals surface area contributed by atoms with Gasteiger partial charge in [0.25, 0.3) is 0 Å². The molecule has 50 heavy (non-hydrogen) atoms. The summed E-state index contributed by atoms with van der Waals surface area (Å²) >= 11 is 5.78. The molecule has 6 unspecified atom stereocenters. The summed E-state index contributed by atoms with van der Waals surface area (Å²) in [5, 5.41) is 11.9. The lowest BCUT2D eigenvalue weighted by Gasteiger charge is -2.55. The number of phenols is 1. The van der Waals surface area contributed by atoms with Gasteiger partial charge < -0.3 is 9.84 Å². The first kappa shape index (κ1) is 32.8. The van der Waals surface area contributed by atoms with E-state index < -0.39 is 35.0 Å². The number of rotatable bonds is 5. The second-order valence-electron chi connectivity index (χ2n) is 13.3. The number of Topliss-reactive ketones (excluding diaryl/α,β-unsaturated/α-hetero) is 1. The van der Waals surface area contributed by atoms with Crippen LogP contribution in [0.5, 0.6) is 11.5 Å². The Morgan fingerprint density at radius 3 is 2.24 bits per heavy atom. The molecular formula is C41H31BrINO6. The second kappa shape index (κ2) is 12.5. The number of amides is 2. The molecule has 2 fully saturated rings. The van der Waals surface area contributed by atoms with Gasteiger partial charge in [-0.05, 0) is 95.0 Å². The van der Waals surface area contributed by atoms with Crippen LogP contribution in [0.3, 0.4) is 0 Å². The molecule has 1 N–H and O–H groups in total. The summed E-state index contributed by atoms with van der Waals surface area (Å²) in [6, 6.07) is 29.2. The monoisotopic (exact) mass is 839 g/mol. The third-order valence-corrected chi connectivity index (χ3v) is 12.2. The fourth-order valence-corrected chi connectivity index (χ4v) is 9.85. The number of aromatic hydroxyl groups is 1. The van der Waals surface area contributed by atoms with Crippen LogP contribution in [0.1, 0.15) is 35.4 Å². The van der Waals surface area contributed by atoms with Crippen LogP contribution in [0.4, 0.5) is 5.69 Å². The van der Waals surface area contributed by atoms with Gasteiger partial charge in [0.1, 0.15) is 0 Å². The van der Waals surface area contributed by atoms with Gasteiger partial charge in [-0.3, -0.25) is 24.1 Å². The minimum atomic E-state index is -1.46. The van der Waals surface area contributed by atoms with E-state index in [0.29, 0.717) is 32.4 Å². The number of hydrogen-bond acceptors (Lipinski definition) is 6. The Morgan fingerprint density at radius 2 is 1.56 bits per heavy atom. The molecule has 0 spiro atoms. The van der Waals surface area contributed by atoms with E-state index in [0.717, 1.165) is 9.14 Å². The number of anilines is 1. The van der Waals surface area contributed by atoms with Gasteiger partial charge in [0.15, 0.2) is 23.1 Å². The zero-order chi connectivity index (χ0) is 34.9. The van der Waals surface area contributed by atoms with Crippen molar-refractivity contribution in [2.45, 2.75) is 24.2 Å². The van der Waals surface area contributed by atoms with Crippen molar-refractivity contribution < 1.29 is 29.0 Å². The molecule has 1 aliphatic heterocycles. The molecule has 3 aliphatic carbocycles. The first-order chi connectivity index (χ1) is 24.2. The predicted octanol–water partition coefficient (Wildman–Crippen LogP) is 7.80. The van der Waals surface area contributed by atoms with E-state index in [2.05, 4.69) is 38.5 Å². The molecule has 0 aromatic heterocycles. The van der Waals surface area contributed by atoms with E-state index in [1.165, 1.54) is 18.1 Å². The van der Waals surface area contributed by atoms with Crippen molar-refractivity contribution >= 4 is 73.2 Å². The van der Waals surface area contributed by atoms with E-state index in [1.54, 1.807) is 24.3 Å². The number of carbonyl (C=O) groups excluding carboxylic acids is 4. The second-order valence-corrected chi connectivity index (χ2v) is 15.5. The molecule has 6 atom stereocenters. The molecule has 250 valence electrons. The number of benzene rings is 4. The zero-order valence-corrected chi connectivity index (χ0v) is 30.6. The summed E-state index contributed by atoms with van der Waals surface area (Å²) < 4.78 is 7.19. The molecule has 9 heteroatoms. The van der Waals surface area contributed by atoms with Crippen molar-refractivity contribution in [1.82, 2.24) is 0 Å². The molecule has 7 nitrogen and oxygen atoms in total. The van der Waals surface area contributed by atoms with E-state index in [-0.39, 0.29) is 47.7 Å². The number of methoxy groups -OCH3 is 1. The highest BCUT2D eigenvalue weighted by Crippen LogP contribution is 2.65. The summed E-state index contributed by atoms with van der Waals surface area (Å²) in [4.78, 5) is 60.1. The summed E-state index contributed by atoms with van der Waals surface area (Å²) in [5.41, 5.74) is 1.82. The number of nitrogens with zero attached hydrogens (tertiary/aromatic N) is 1. The molecule has 8 rings (SSSR count). The first-order valence-electron chi connectivity index (χ1n) is 16.5. The Bertz CT molecular complexity index is 2150. The van der Waals surface area contributed by atoms with Crippen LogP contribution in [-0.2, 0) is 24.6 Å². The number of fused-ring (bicyclic) bond motifs is 4. The van der Waals surface area contributed by atoms with Crippen molar-refractivity contribution in [3.8, 4) is 11.5 Å². The number of imide groups is 1. The SMILES string of the molecule is COc1cc(Br)cc(C2C3=CCC4C(=O)N(c5ccc(I)cc5)C(=O)C4C3CC3C(=O)C(c4ccccc4)=CC(=O)C32c2ccccc2)c1O. The summed E-state index contributed by atoms with van der Waals surface area (Å²) in [6.07, 6.45) is 3.92. The Labute approximate surface area is 311 Å². The molecule has 0 bridgehead atoms. The smallest absolute Gasteiger partial charge is 0.238 e. The Morgan fingerprint density at radius 1 is 0.880 bits per heavy atom. The number of halogens is 2. The van der Waals surface area contributed by atoms with Crippen LogP contribution >= 0.6 is 38.5 Å². The van der Waals surface area contributed by atoms with Crippen molar-refractivity contribution in [2.75, 3.05) is 12.0 Å². The van der Waals surface area contributed by atoms with Gasteiger partial charge in [0, 0.05) is 31.0 Å². The predicted molar refractivity (Wildman–Crippen MR) is 201 cm³/mol. The highest BCUT2D eigenvalue weighted by atomic mass is 127. The molecular weight excluding hydrogens is 809 g/mol. The maximum atomic E-state index is 15.2. The highest BCUT2D eigenvalue weighted by Gasteiger charge is 2.66. The lowest BCUT2D eigenvalue weighted by molar-refractivity contribution is -0.135. The Hall–Kier alpha value is -4.35. The van der Waals surface area contributed by atoms with E-state index >= 15 is 9.59 Å². The molecule has 4 aromatic carbocycles. The largest absolute Gasteiger partial charge is 0.504 e. The Kier molecular flexibility index (Phi) is 8.18. The van der Waals surface area contributed by atoms with Gasteiger partial charge >= 0.3 is 0 Å². The van der Waals surface area contributed by atoms with Gasteiger partial charge in [0.2, 0.25) is 11.8 Å². The van der Waals surface area contributed by atoms with E-state index in [9.17, 15) is 14.7 Å². The third-order valence-electron chi connectivity index (χ3n) is 11.1. The van der Waals surface area contributed by atoms with Crippen LogP contribution in [0.15, 0.2) is 119 Å². The highest BCUT2D eigenvalue weighted by molar-refractivity contribution is 14.1. The lowest BCUT2D eigenvalue weighted by atomic mass is 9.44. The number of hydrogen-bond donors (Lipinski definition) is 1. The van der Waals surface area contributed by atoms with Crippen molar-refractivity contribution in [2.24, 2.45) is 23.7 Å². The van der Waals surface area contributed by atoms with Gasteiger partial charge in [-0.1, -0.05) is 88.2 Å². The lowest BCUT2D eigenvalue weighted by Crippen LogP contribution is -2.58. The van der Waals surface area contributed by atoms with Gasteiger partial charge in [-0.25, -0.2) is 0 Å². The van der Waals surface area contributed by atoms with Gasteiger partial charge in [-0.15, -0.1) is 0 Å². The third kappa shape index (κ3) is 4.80. The fourth-order valence-electron chi connectivity index (χ4n) is 9.03. The van der Waals surface area contributed by atoms with Gasteiger partial charge in [0.05, 0.1) is 30.0 Å². The molecule has 1 saturated carbocycles. The minimum Gasteiger partial charge on any atom is -0.504 e. The van der Waals surface area contributed by atoms with Crippen molar-refractivity contribution in [1.29, 1.82) is 0 Å². The fraction of sp³-hybridized carbons (Fsp3) is 0.220. The number of carbonyl (C=O) groups is 4. The van der Waals surface area contributed by atoms with E-state index in [4.69, 9.17) is 4.74 Å². The minimum absolute atomic E-state index is 0.147. The van der Waals surface area contributed by atoms with Crippen LogP contribution in [-0.4, -0.2) is 35.6 Å². The molecule has 2 amide bonds. The molecule has 4 aliphatic rings. The molecule has 1 heterocycles. The zero-order valence-electron chi connectivity index (χ0n) is 26.9. The van der Waals surface area contributed by atoms with Crippen molar-refractivity contribution in [3.05, 3.63) is 140 Å². The number of allylic oxidation sites excluding steroid dienone is 4. The maximum Gasteiger partial charge on any atom is 0.238 e. The number of ketones is 2. The van der Waals surface area contributed by atoms with Crippen molar-refractivity contribution in [3.63, 3.8) is 0 Å². The summed E-state index contributed by atoms with van der Waals surface area (Å²) in [7, 11) is 1.46. The van der Waals surface area contributed by atoms with Crippen LogP contribution in [0, 0.1) is 27.2 Å². The molecule has 4 aromatic rings. The van der Waals surface area contributed by atoms with Crippen LogP contribution in [0.25, 0.3) is 5.57 Å². The Balaban J connectivity index is 1.39. The topological polar surface area (TPSA) is 101 Å². The van der Waals surface area contributed by atoms with Gasteiger partial charge in [-0.2, -0.15) is 0 Å². The number of ether oxygens (including phenoxy) is 1. The molecule has 0 radical (unpaired) electrons.